The van der Waals surface area contributed by atoms with E-state index >= 15 is 9.59 Å². The van der Waals surface area contributed by atoms with Crippen molar-refractivity contribution in [2.24, 2.45) is 39.4 Å². The van der Waals surface area contributed by atoms with Gasteiger partial charge < -0.3 is 92.3 Å². The maximum absolute atomic E-state index is 16.5. The first-order valence-electron chi connectivity index (χ1n) is 45.9. The van der Waals surface area contributed by atoms with Gasteiger partial charge in [-0.2, -0.15) is 0 Å². The molecule has 0 spiro atoms. The standard InChI is InChI=1S/C52H71NO14SSi.C45H55NO15S/c1-11-39(55)64-42-40-30(5)35(63-46(57)31(6)41(36-25-20-26-68-36)53-48(59)62-34-23-18-19-24-34)28-52(60,49(40,8)9)45(65-47(58)33-21-16-15-17-22-33)43-50(10,44(42)56)37(67-69(12-2,13-3)14-4)27-38-51(43,29-61-38)66-32(7)54;1-7-31(49)59-35-32-23(2)27(58-40(53)34(50)33(28-18-13-19-62-28)46-41(54)57-26-16-11-12-17-26)21-45(55,42(32,4)5)38(60-39(52)25-14-9-8-10-15-25)36-43(6,37(35)51)29(48)20-30-44(36,22-56-30)61-24(3)47/h15-17,20-22,25-26,31,34-35,37-38,41-43,45,60H,11-14,18-19,23-24,27-29H2,1-10H3,(H,53,59);8-10,13-15,18-19,26-27,29-30,33-36,38,48,50,55H,7,11-12,16-17,20-22H2,1-6H3,(H,46,54)/t31-,35+,37+,38-,41-,42-,43?,45+,50-,51+,52-;27-,29-,30+,33-,34+,35+,36?,38-,43+,44-,45+/m10/s1. The Morgan fingerprint density at radius 1 is 0.519 bits per heavy atom. The molecule has 14 rings (SSSR count). The number of benzene rings is 2. The van der Waals surface area contributed by atoms with Gasteiger partial charge in [0.05, 0.1) is 71.2 Å². The van der Waals surface area contributed by atoms with Crippen molar-refractivity contribution in [2.75, 3.05) is 13.2 Å². The third-order valence-electron chi connectivity index (χ3n) is 30.5. The SMILES string of the molecule is CCC(=O)O[C@H]1C(=O)[C@@]2(C)C([C@H](OC(=O)c3ccccc3)[C@]3(O)C[C@H](OC(=O)[C@H](C)[C@@H](NC(=O)OC4CCCC4)c4cccs4)C(C)=C1C3(C)C)[C@]1(OC(C)=O)CO[C@@H]1C[C@@H]2O[Si](CC)(CC)CC.CCC(=O)O[C@H]1C(=O)[C@@]2(C)C([C@H](OC(=O)c3ccccc3)[C@]3(O)C[C@H](OC(=O)[C@H](O)[C@@H](NC(=O)OC4CCCC4)c4cccs4)C(C)=C1C3(C)C)[C@]1(OC(C)=O)CO[C@@H]1C[C@@H]2O. The van der Waals surface area contributed by atoms with Gasteiger partial charge in [-0.3, -0.25) is 33.6 Å². The number of rotatable bonds is 27. The second-order valence-electron chi connectivity index (χ2n) is 38.3. The van der Waals surface area contributed by atoms with Gasteiger partial charge in [0.25, 0.3) is 0 Å². The van der Waals surface area contributed by atoms with Crippen LogP contribution in [-0.4, -0.2) is 215 Å². The van der Waals surface area contributed by atoms with Crippen molar-refractivity contribution < 1.29 is 139 Å². The summed E-state index contributed by atoms with van der Waals surface area (Å²) in [4.78, 5) is 171. The minimum Gasteiger partial charge on any atom is -0.457 e. The number of Topliss-reactive ketones (excluding diaryl/α,β-unsaturated/α-hetero) is 2. The number of carbonyl (C=O) groups is 12. The first-order chi connectivity index (χ1) is 62.0. The van der Waals surface area contributed by atoms with E-state index in [1.807, 2.05) is 11.4 Å². The van der Waals surface area contributed by atoms with E-state index in [1.54, 1.807) is 127 Å². The highest BCUT2D eigenvalue weighted by Gasteiger charge is 2.81. The van der Waals surface area contributed by atoms with Gasteiger partial charge in [-0.25, -0.2) is 24.0 Å². The van der Waals surface area contributed by atoms with Crippen molar-refractivity contribution in [1.29, 1.82) is 0 Å². The fraction of sp³-hybridized carbons (Fsp3) is 0.629. The summed E-state index contributed by atoms with van der Waals surface area (Å²) in [6, 6.07) is 23.0. The number of hydrogen-bond acceptors (Lipinski definition) is 31. The Balaban J connectivity index is 0.000000224. The van der Waals surface area contributed by atoms with E-state index in [2.05, 4.69) is 31.4 Å². The second-order valence-corrected chi connectivity index (χ2v) is 45.0. The van der Waals surface area contributed by atoms with Crippen LogP contribution in [0.1, 0.15) is 243 Å². The van der Waals surface area contributed by atoms with E-state index in [-0.39, 0.29) is 85.4 Å². The molecule has 6 saturated carbocycles. The predicted octanol–water partition coefficient (Wildman–Crippen LogP) is 13.2. The lowest BCUT2D eigenvalue weighted by atomic mass is 9.44. The number of hydrogen-bond donors (Lipinski definition) is 6. The molecule has 34 heteroatoms. The fourth-order valence-electron chi connectivity index (χ4n) is 22.6. The van der Waals surface area contributed by atoms with Crippen LogP contribution < -0.4 is 10.6 Å². The molecule has 2 aliphatic heterocycles. The number of aliphatic hydroxyl groups is 4. The van der Waals surface area contributed by atoms with Crippen molar-refractivity contribution in [3.8, 4) is 0 Å². The van der Waals surface area contributed by atoms with Gasteiger partial charge in [-0.15, -0.1) is 22.7 Å². The lowest BCUT2D eigenvalue weighted by Crippen LogP contribution is -2.82. The number of fused-ring (bicyclic) bond motifs is 10. The summed E-state index contributed by atoms with van der Waals surface area (Å²) in [5, 5.41) is 60.7. The minimum atomic E-state index is -2.61. The number of aliphatic hydroxyl groups excluding tert-OH is 2. The van der Waals surface area contributed by atoms with Crippen LogP contribution in [0.3, 0.4) is 0 Å². The molecule has 8 fully saturated rings. The Bertz CT molecular complexity index is 4980. The lowest BCUT2D eigenvalue weighted by Gasteiger charge is -2.68. The van der Waals surface area contributed by atoms with Crippen molar-refractivity contribution >= 4 is 102 Å². The average Bonchev–Trinajstić information content (AvgIpc) is 1.02. The van der Waals surface area contributed by atoms with E-state index < -0.39 is 227 Å². The number of alkyl carbamates (subject to hydrolysis) is 2. The van der Waals surface area contributed by atoms with Crippen LogP contribution in [0.4, 0.5) is 9.59 Å². The summed E-state index contributed by atoms with van der Waals surface area (Å²) < 4.78 is 81.3. The first-order valence-corrected chi connectivity index (χ1v) is 50.2. The highest BCUT2D eigenvalue weighted by atomic mass is 32.1. The zero-order chi connectivity index (χ0) is 95.2. The van der Waals surface area contributed by atoms with E-state index in [1.165, 1.54) is 62.5 Å². The number of nitrogens with one attached hydrogen (secondary N) is 2. The van der Waals surface area contributed by atoms with Crippen LogP contribution in [0.15, 0.2) is 118 Å². The van der Waals surface area contributed by atoms with Crippen LogP contribution >= 0.6 is 22.7 Å². The topological polar surface area (TPSA) is 430 Å². The van der Waals surface area contributed by atoms with Crippen LogP contribution in [0.5, 0.6) is 0 Å². The Morgan fingerprint density at radius 3 is 1.31 bits per heavy atom. The van der Waals surface area contributed by atoms with Crippen molar-refractivity contribution in [1.82, 2.24) is 10.6 Å². The molecule has 8 aliphatic carbocycles. The molecule has 2 unspecified atom stereocenters. The monoisotopic (exact) mass is 1870 g/mol. The molecule has 2 amide bonds. The number of carbonyl (C=O) groups excluding carboxylic acids is 12. The fourth-order valence-corrected chi connectivity index (χ4v) is 27.3. The number of esters is 8. The van der Waals surface area contributed by atoms with Crippen molar-refractivity contribution in [2.45, 2.75) is 333 Å². The first kappa shape index (κ1) is 99.4. The molecule has 22 atom stereocenters. The molecule has 0 radical (unpaired) electrons. The highest BCUT2D eigenvalue weighted by molar-refractivity contribution is 7.10. The number of thiophene rings is 2. The molecule has 2 aromatic carbocycles. The normalized spacial score (nSPS) is 32.5. The Morgan fingerprint density at radius 2 is 0.916 bits per heavy atom. The molecule has 131 heavy (non-hydrogen) atoms. The molecular weight excluding hydrogens is 1750 g/mol. The minimum absolute atomic E-state index is 0.0135. The van der Waals surface area contributed by atoms with Gasteiger partial charge >= 0.3 is 59.9 Å². The molecule has 31 nitrogen and oxygen atoms in total. The zero-order valence-corrected chi connectivity index (χ0v) is 80.0. The quantitative estimate of drug-likeness (QED) is 0.0140. The predicted molar refractivity (Wildman–Crippen MR) is 476 cm³/mol. The van der Waals surface area contributed by atoms with Crippen LogP contribution in [0, 0.1) is 39.4 Å². The summed E-state index contributed by atoms with van der Waals surface area (Å²) in [5.74, 6) is -12.0. The van der Waals surface area contributed by atoms with Crippen LogP contribution in [0.2, 0.25) is 18.1 Å². The largest absolute Gasteiger partial charge is 0.457 e. The molecule has 4 bridgehead atoms. The van der Waals surface area contributed by atoms with Crippen LogP contribution in [-0.2, 0) is 99.6 Å². The van der Waals surface area contributed by atoms with Crippen LogP contribution in [0.25, 0.3) is 0 Å². The Labute approximate surface area is 772 Å². The Hall–Kier alpha value is -9.10. The summed E-state index contributed by atoms with van der Waals surface area (Å²) in [6.07, 6.45) is -12.9. The maximum atomic E-state index is 16.5. The van der Waals surface area contributed by atoms with Gasteiger partial charge in [-0.1, -0.05) is 111 Å². The smallest absolute Gasteiger partial charge is 0.408 e. The van der Waals surface area contributed by atoms with E-state index in [9.17, 15) is 68.4 Å². The highest BCUT2D eigenvalue weighted by Crippen LogP contribution is 2.68. The third-order valence-corrected chi connectivity index (χ3v) is 37.1. The summed E-state index contributed by atoms with van der Waals surface area (Å²) >= 11 is 2.52. The molecule has 4 aromatic rings. The molecular formula is C97H126N2O29S2Si. The molecule has 6 N–H and O–H groups in total. The molecule has 2 aromatic heterocycles. The Kier molecular flexibility index (Phi) is 29.6. The van der Waals surface area contributed by atoms with Gasteiger partial charge in [0.1, 0.15) is 66.1 Å². The van der Waals surface area contributed by atoms with Crippen molar-refractivity contribution in [3.05, 3.63) is 139 Å². The molecule has 2 saturated heterocycles. The zero-order valence-electron chi connectivity index (χ0n) is 77.4. The van der Waals surface area contributed by atoms with E-state index in [4.69, 9.17) is 61.3 Å². The molecule has 4 heterocycles. The summed E-state index contributed by atoms with van der Waals surface area (Å²) in [7, 11) is -2.61. The summed E-state index contributed by atoms with van der Waals surface area (Å²) in [6.45, 7) is 25.7. The van der Waals surface area contributed by atoms with Gasteiger partial charge in [0, 0.05) is 73.0 Å². The van der Waals surface area contributed by atoms with Gasteiger partial charge in [0.15, 0.2) is 49.4 Å². The maximum Gasteiger partial charge on any atom is 0.408 e. The lowest BCUT2D eigenvalue weighted by molar-refractivity contribution is -0.346. The third kappa shape index (κ3) is 18.1. The van der Waals surface area contributed by atoms with Crippen molar-refractivity contribution in [3.63, 3.8) is 0 Å². The molecule has 714 valence electrons. The number of ether oxygens (including phenoxy) is 12. The molecule has 10 aliphatic rings. The van der Waals surface area contributed by atoms with Gasteiger partial charge in [0.2, 0.25) is 0 Å². The number of ketones is 2. The summed E-state index contributed by atoms with van der Waals surface area (Å²) in [5.41, 5.74) is -14.2. The average molecular weight is 1880 g/mol. The van der Waals surface area contributed by atoms with E-state index in [0.29, 0.717) is 46.3 Å². The second kappa shape index (κ2) is 39.1. The van der Waals surface area contributed by atoms with E-state index in [0.717, 1.165) is 45.4 Å². The van der Waals surface area contributed by atoms with Gasteiger partial charge in [-0.05, 0) is 174 Å². The number of amides is 2.